The van der Waals surface area contributed by atoms with Crippen molar-refractivity contribution in [2.24, 2.45) is 5.92 Å². The van der Waals surface area contributed by atoms with Crippen LogP contribution in [0.1, 0.15) is 33.1 Å². The van der Waals surface area contributed by atoms with Gasteiger partial charge in [0.25, 0.3) is 0 Å². The number of nitrogens with two attached hydrogens (primary N) is 1. The first kappa shape index (κ1) is 13.2. The van der Waals surface area contributed by atoms with Crippen molar-refractivity contribution in [1.29, 1.82) is 0 Å². The summed E-state index contributed by atoms with van der Waals surface area (Å²) in [6, 6.07) is 8.94. The normalized spacial score (nSPS) is 14.9. The molecule has 0 bridgehead atoms. The minimum absolute atomic E-state index is 0.709. The van der Waals surface area contributed by atoms with Crippen LogP contribution in [0.4, 0.5) is 11.4 Å². The van der Waals surface area contributed by atoms with E-state index in [0.717, 1.165) is 23.7 Å². The highest BCUT2D eigenvalue weighted by atomic mass is 15.2. The van der Waals surface area contributed by atoms with Gasteiger partial charge < -0.3 is 10.6 Å². The zero-order valence-corrected chi connectivity index (χ0v) is 12.3. The van der Waals surface area contributed by atoms with E-state index in [9.17, 15) is 0 Å². The van der Waals surface area contributed by atoms with Crippen molar-refractivity contribution in [2.45, 2.75) is 39.2 Å². The van der Waals surface area contributed by atoms with Crippen molar-refractivity contribution in [3.05, 3.63) is 30.5 Å². The lowest BCUT2D eigenvalue weighted by atomic mass is 10.1. The van der Waals surface area contributed by atoms with Gasteiger partial charge in [0.05, 0.1) is 11.2 Å². The maximum atomic E-state index is 6.06. The van der Waals surface area contributed by atoms with Gasteiger partial charge in [-0.2, -0.15) is 0 Å². The fraction of sp³-hybridized carbons (Fsp3) is 0.471. The quantitative estimate of drug-likeness (QED) is 0.839. The Morgan fingerprint density at radius 3 is 2.80 bits per heavy atom. The topological polar surface area (TPSA) is 42.2 Å². The van der Waals surface area contributed by atoms with Crippen LogP contribution < -0.4 is 10.6 Å². The average Bonchev–Trinajstić information content (AvgIpc) is 3.24. The second-order valence-corrected chi connectivity index (χ2v) is 6.18. The zero-order valence-electron chi connectivity index (χ0n) is 12.3. The van der Waals surface area contributed by atoms with Crippen LogP contribution in [0.15, 0.2) is 30.5 Å². The molecule has 0 saturated heterocycles. The first-order chi connectivity index (χ1) is 9.66. The summed E-state index contributed by atoms with van der Waals surface area (Å²) in [4.78, 5) is 7.01. The molecule has 3 rings (SSSR count). The molecule has 1 aromatic heterocycles. The number of pyridine rings is 1. The summed E-state index contributed by atoms with van der Waals surface area (Å²) < 4.78 is 0. The predicted molar refractivity (Wildman–Crippen MR) is 86.0 cm³/mol. The summed E-state index contributed by atoms with van der Waals surface area (Å²) >= 11 is 0. The summed E-state index contributed by atoms with van der Waals surface area (Å²) in [6.07, 6.45) is 5.73. The van der Waals surface area contributed by atoms with Gasteiger partial charge in [0, 0.05) is 29.9 Å². The molecule has 2 aromatic rings. The Morgan fingerprint density at radius 1 is 1.30 bits per heavy atom. The molecule has 0 spiro atoms. The Kier molecular flexibility index (Phi) is 3.51. The SMILES string of the molecule is CC(C)CCN(c1ccnc2c(N)cccc12)C1CC1. The van der Waals surface area contributed by atoms with Crippen LogP contribution in [0.25, 0.3) is 10.9 Å². The number of hydrogen-bond acceptors (Lipinski definition) is 3. The molecular weight excluding hydrogens is 246 g/mol. The standard InChI is InChI=1S/C17H23N3/c1-12(2)9-11-20(13-6-7-13)16-8-10-19-17-14(16)4-3-5-15(17)18/h3-5,8,10,12-13H,6-7,9,11,18H2,1-2H3. The lowest BCUT2D eigenvalue weighted by Crippen LogP contribution is -2.28. The highest BCUT2D eigenvalue weighted by molar-refractivity contribution is 5.98. The third kappa shape index (κ3) is 2.58. The maximum absolute atomic E-state index is 6.06. The second kappa shape index (κ2) is 5.31. The van der Waals surface area contributed by atoms with Crippen LogP contribution in [0.2, 0.25) is 0 Å². The molecule has 0 atom stereocenters. The Labute approximate surface area is 120 Å². The Bertz CT molecular complexity index is 602. The Morgan fingerprint density at radius 2 is 2.10 bits per heavy atom. The van der Waals surface area contributed by atoms with Crippen LogP contribution in [-0.2, 0) is 0 Å². The van der Waals surface area contributed by atoms with Crippen molar-refractivity contribution >= 4 is 22.3 Å². The molecule has 20 heavy (non-hydrogen) atoms. The molecule has 0 unspecified atom stereocenters. The fourth-order valence-electron chi connectivity index (χ4n) is 2.72. The van der Waals surface area contributed by atoms with Crippen molar-refractivity contribution in [2.75, 3.05) is 17.2 Å². The van der Waals surface area contributed by atoms with Gasteiger partial charge in [-0.05, 0) is 37.3 Å². The molecule has 0 aliphatic heterocycles. The lowest BCUT2D eigenvalue weighted by molar-refractivity contribution is 0.571. The fourth-order valence-corrected chi connectivity index (χ4v) is 2.72. The van der Waals surface area contributed by atoms with Gasteiger partial charge >= 0.3 is 0 Å². The van der Waals surface area contributed by atoms with Gasteiger partial charge in [0.2, 0.25) is 0 Å². The molecule has 0 radical (unpaired) electrons. The molecule has 0 amide bonds. The molecule has 1 aliphatic carbocycles. The Balaban J connectivity index is 2.00. The summed E-state index contributed by atoms with van der Waals surface area (Å²) in [5.74, 6) is 0.731. The van der Waals surface area contributed by atoms with Crippen molar-refractivity contribution in [1.82, 2.24) is 4.98 Å². The third-order valence-corrected chi connectivity index (χ3v) is 4.02. The van der Waals surface area contributed by atoms with Crippen molar-refractivity contribution < 1.29 is 0 Å². The summed E-state index contributed by atoms with van der Waals surface area (Å²) in [5.41, 5.74) is 9.05. The molecular formula is C17H23N3. The van der Waals surface area contributed by atoms with E-state index in [4.69, 9.17) is 5.73 Å². The van der Waals surface area contributed by atoms with Crippen molar-refractivity contribution in [3.63, 3.8) is 0 Å². The van der Waals surface area contributed by atoms with Crippen molar-refractivity contribution in [3.8, 4) is 0 Å². The number of fused-ring (bicyclic) bond motifs is 1. The number of anilines is 2. The average molecular weight is 269 g/mol. The summed E-state index contributed by atoms with van der Waals surface area (Å²) in [6.45, 7) is 5.69. The molecule has 1 heterocycles. The number of aromatic nitrogens is 1. The molecule has 3 heteroatoms. The first-order valence-electron chi connectivity index (χ1n) is 7.56. The van der Waals surface area contributed by atoms with Gasteiger partial charge in [-0.1, -0.05) is 26.0 Å². The van der Waals surface area contributed by atoms with Crippen LogP contribution in [0.3, 0.4) is 0 Å². The summed E-state index contributed by atoms with van der Waals surface area (Å²) in [7, 11) is 0. The molecule has 2 N–H and O–H groups in total. The van der Waals surface area contributed by atoms with E-state index in [1.807, 2.05) is 18.3 Å². The minimum atomic E-state index is 0.709. The number of para-hydroxylation sites is 1. The maximum Gasteiger partial charge on any atom is 0.0951 e. The highest BCUT2D eigenvalue weighted by Gasteiger charge is 2.30. The zero-order chi connectivity index (χ0) is 14.1. The second-order valence-electron chi connectivity index (χ2n) is 6.18. The van der Waals surface area contributed by atoms with Crippen LogP contribution >= 0.6 is 0 Å². The predicted octanol–water partition coefficient (Wildman–Crippen LogP) is 3.83. The van der Waals surface area contributed by atoms with E-state index in [0.29, 0.717) is 6.04 Å². The largest absolute Gasteiger partial charge is 0.397 e. The number of rotatable bonds is 5. The molecule has 1 aliphatic rings. The molecule has 1 fully saturated rings. The van der Waals surface area contributed by atoms with E-state index in [2.05, 4.69) is 35.9 Å². The van der Waals surface area contributed by atoms with Gasteiger partial charge in [-0.3, -0.25) is 4.98 Å². The van der Waals surface area contributed by atoms with E-state index in [-0.39, 0.29) is 0 Å². The first-order valence-corrected chi connectivity index (χ1v) is 7.56. The van der Waals surface area contributed by atoms with Gasteiger partial charge in [-0.15, -0.1) is 0 Å². The van der Waals surface area contributed by atoms with Gasteiger partial charge in [-0.25, -0.2) is 0 Å². The number of benzene rings is 1. The van der Waals surface area contributed by atoms with Crippen LogP contribution in [0, 0.1) is 5.92 Å². The van der Waals surface area contributed by atoms with E-state index < -0.39 is 0 Å². The highest BCUT2D eigenvalue weighted by Crippen LogP contribution is 2.36. The van der Waals surface area contributed by atoms with Crippen LogP contribution in [-0.4, -0.2) is 17.6 Å². The molecule has 1 aromatic carbocycles. The van der Waals surface area contributed by atoms with E-state index >= 15 is 0 Å². The Hall–Kier alpha value is -1.77. The molecule has 106 valence electrons. The molecule has 3 nitrogen and oxygen atoms in total. The number of nitrogens with zero attached hydrogens (tertiary/aromatic N) is 2. The molecule has 1 saturated carbocycles. The smallest absolute Gasteiger partial charge is 0.0951 e. The monoisotopic (exact) mass is 269 g/mol. The van der Waals surface area contributed by atoms with Gasteiger partial charge in [0.15, 0.2) is 0 Å². The van der Waals surface area contributed by atoms with Crippen LogP contribution in [0.5, 0.6) is 0 Å². The number of hydrogen-bond donors (Lipinski definition) is 1. The van der Waals surface area contributed by atoms with Gasteiger partial charge in [0.1, 0.15) is 0 Å². The lowest BCUT2D eigenvalue weighted by Gasteiger charge is -2.27. The van der Waals surface area contributed by atoms with E-state index in [1.54, 1.807) is 0 Å². The number of nitrogen functional groups attached to an aromatic ring is 1. The minimum Gasteiger partial charge on any atom is -0.397 e. The third-order valence-electron chi connectivity index (χ3n) is 4.02. The summed E-state index contributed by atoms with van der Waals surface area (Å²) in [5, 5.41) is 1.18. The van der Waals surface area contributed by atoms with E-state index in [1.165, 1.54) is 30.3 Å².